The van der Waals surface area contributed by atoms with E-state index in [0.717, 1.165) is 12.5 Å². The van der Waals surface area contributed by atoms with Gasteiger partial charge in [0.15, 0.2) is 8.32 Å². The first-order valence-electron chi connectivity index (χ1n) is 7.18. The van der Waals surface area contributed by atoms with E-state index in [1.807, 2.05) is 13.1 Å². The van der Waals surface area contributed by atoms with Gasteiger partial charge in [-0.05, 0) is 51.7 Å². The number of carbonyl (C=O) groups is 1. The summed E-state index contributed by atoms with van der Waals surface area (Å²) < 4.78 is 22.9. The molecule has 0 amide bonds. The van der Waals surface area contributed by atoms with Crippen molar-refractivity contribution >= 4 is 31.4 Å². The van der Waals surface area contributed by atoms with Gasteiger partial charge in [0, 0.05) is 13.2 Å². The van der Waals surface area contributed by atoms with Gasteiger partial charge in [0.25, 0.3) is 0 Å². The molecule has 0 spiro atoms. The van der Waals surface area contributed by atoms with Crippen LogP contribution in [0.15, 0.2) is 12.7 Å². The van der Waals surface area contributed by atoms with Gasteiger partial charge >= 0.3 is 23.1 Å². The Balaban J connectivity index is 4.31. The topological polar surface area (TPSA) is 54.0 Å². The first-order valence-corrected chi connectivity index (χ1v) is 15.9. The van der Waals surface area contributed by atoms with E-state index in [1.54, 1.807) is 7.11 Å². The van der Waals surface area contributed by atoms with Crippen LogP contribution in [-0.4, -0.2) is 45.1 Å². The lowest BCUT2D eigenvalue weighted by molar-refractivity contribution is -0.137. The van der Waals surface area contributed by atoms with E-state index < -0.39 is 25.4 Å². The summed E-state index contributed by atoms with van der Waals surface area (Å²) in [4.78, 5) is 11.0. The molecule has 0 aromatic heterocycles. The van der Waals surface area contributed by atoms with Gasteiger partial charge < -0.3 is 17.4 Å². The lowest BCUT2D eigenvalue weighted by atomic mass is 10.5. The Hall–Kier alpha value is -0.259. The molecule has 0 N–H and O–H groups in total. The molecule has 0 unspecified atom stereocenters. The fourth-order valence-electron chi connectivity index (χ4n) is 2.10. The molecule has 0 bridgehead atoms. The Bertz CT molecular complexity index is 356. The van der Waals surface area contributed by atoms with Crippen LogP contribution in [0, 0.1) is 0 Å². The summed E-state index contributed by atoms with van der Waals surface area (Å²) in [6, 6.07) is 0.923. The molecule has 5 nitrogen and oxygen atoms in total. The van der Waals surface area contributed by atoms with Crippen molar-refractivity contribution in [1.82, 2.24) is 0 Å². The third-order valence-electron chi connectivity index (χ3n) is 2.84. The quantitative estimate of drug-likeness (QED) is 0.262. The van der Waals surface area contributed by atoms with Crippen LogP contribution >= 0.6 is 0 Å². The van der Waals surface area contributed by atoms with Gasteiger partial charge in [-0.25, -0.2) is 4.79 Å². The van der Waals surface area contributed by atoms with Gasteiger partial charge in [0.05, 0.1) is 6.61 Å². The van der Waals surface area contributed by atoms with Crippen molar-refractivity contribution in [2.45, 2.75) is 51.7 Å². The normalized spacial score (nSPS) is 13.1. The van der Waals surface area contributed by atoms with Gasteiger partial charge in [-0.15, -0.1) is 0 Å². The molecule has 0 aliphatic heterocycles. The van der Waals surface area contributed by atoms with Crippen LogP contribution < -0.4 is 0 Å². The number of hydrogen-bond donors (Lipinski definition) is 0. The highest BCUT2D eigenvalue weighted by atomic mass is 28.5. The summed E-state index contributed by atoms with van der Waals surface area (Å²) in [5.41, 5.74) is 0. The minimum Gasteiger partial charge on any atom is -0.463 e. The molecule has 124 valence electrons. The lowest BCUT2D eigenvalue weighted by Crippen LogP contribution is -2.53. The summed E-state index contributed by atoms with van der Waals surface area (Å²) >= 11 is 0. The van der Waals surface area contributed by atoms with Crippen LogP contribution in [0.4, 0.5) is 0 Å². The second kappa shape index (κ2) is 8.39. The van der Waals surface area contributed by atoms with Crippen molar-refractivity contribution < 1.29 is 22.2 Å². The minimum absolute atomic E-state index is 0.374. The molecular weight excluding hydrogens is 320 g/mol. The first kappa shape index (κ1) is 20.7. The molecule has 0 radical (unpaired) electrons. The lowest BCUT2D eigenvalue weighted by Gasteiger charge is -2.37. The molecule has 0 aromatic rings. The fourth-order valence-corrected chi connectivity index (χ4v) is 14.4. The van der Waals surface area contributed by atoms with Gasteiger partial charge in [-0.1, -0.05) is 6.58 Å². The molecule has 0 saturated carbocycles. The number of rotatable bonds is 10. The Morgan fingerprint density at radius 2 is 1.62 bits per heavy atom. The summed E-state index contributed by atoms with van der Waals surface area (Å²) in [5, 5.41) is 0. The van der Waals surface area contributed by atoms with E-state index in [4.69, 9.17) is 17.4 Å². The van der Waals surface area contributed by atoms with Crippen molar-refractivity contribution in [2.75, 3.05) is 13.7 Å². The third kappa shape index (κ3) is 10.2. The molecule has 0 heterocycles. The van der Waals surface area contributed by atoms with Gasteiger partial charge in [-0.2, -0.15) is 0 Å². The van der Waals surface area contributed by atoms with E-state index in [2.05, 4.69) is 32.8 Å². The molecule has 8 heteroatoms. The maximum absolute atomic E-state index is 11.0. The van der Waals surface area contributed by atoms with Gasteiger partial charge in [-0.3, -0.25) is 0 Å². The maximum Gasteiger partial charge on any atom is 0.330 e. The summed E-state index contributed by atoms with van der Waals surface area (Å²) in [6.07, 6.45) is 1.98. The Morgan fingerprint density at radius 1 is 1.05 bits per heavy atom. The van der Waals surface area contributed by atoms with Crippen LogP contribution in [0.1, 0.15) is 6.42 Å². The zero-order chi connectivity index (χ0) is 16.7. The summed E-state index contributed by atoms with van der Waals surface area (Å²) in [5.74, 6) is -0.374. The largest absolute Gasteiger partial charge is 0.463 e. The standard InChI is InChI=1S/C13H30O5Si3/c1-9-13(14)16-11-10-12-19(3,4)17-21(7,8)18-20(5,6)15-2/h9H,1,10-12H2,2-8H3. The minimum atomic E-state index is -2.21. The fraction of sp³-hybridized carbons (Fsp3) is 0.769. The average molecular weight is 351 g/mol. The Kier molecular flexibility index (Phi) is 8.29. The summed E-state index contributed by atoms with van der Waals surface area (Å²) in [7, 11) is -4.46. The van der Waals surface area contributed by atoms with E-state index in [-0.39, 0.29) is 5.97 Å². The first-order chi connectivity index (χ1) is 9.43. The second-order valence-electron chi connectivity index (χ2n) is 6.44. The molecule has 0 fully saturated rings. The number of hydrogen-bond acceptors (Lipinski definition) is 5. The van der Waals surface area contributed by atoms with Crippen LogP contribution in [0.3, 0.4) is 0 Å². The number of carbonyl (C=O) groups excluding carboxylic acids is 1. The molecule has 21 heavy (non-hydrogen) atoms. The molecule has 0 rings (SSSR count). The van der Waals surface area contributed by atoms with E-state index >= 15 is 0 Å². The molecule has 0 aliphatic rings. The van der Waals surface area contributed by atoms with Crippen LogP contribution in [0.2, 0.25) is 45.3 Å². The zero-order valence-electron chi connectivity index (χ0n) is 14.4. The third-order valence-corrected chi connectivity index (χ3v) is 13.5. The number of ether oxygens (including phenoxy) is 1. The van der Waals surface area contributed by atoms with E-state index in [1.165, 1.54) is 6.08 Å². The molecule has 0 atom stereocenters. The molecule has 0 saturated heterocycles. The van der Waals surface area contributed by atoms with Crippen molar-refractivity contribution in [3.8, 4) is 0 Å². The van der Waals surface area contributed by atoms with E-state index in [0.29, 0.717) is 6.61 Å². The highest BCUT2D eigenvalue weighted by Crippen LogP contribution is 2.23. The highest BCUT2D eigenvalue weighted by molar-refractivity contribution is 6.86. The predicted molar refractivity (Wildman–Crippen MR) is 92.2 cm³/mol. The van der Waals surface area contributed by atoms with Crippen LogP contribution in [0.25, 0.3) is 0 Å². The van der Waals surface area contributed by atoms with Crippen LogP contribution in [0.5, 0.6) is 0 Å². The van der Waals surface area contributed by atoms with Gasteiger partial charge in [0.2, 0.25) is 0 Å². The predicted octanol–water partition coefficient (Wildman–Crippen LogP) is 3.39. The number of esters is 1. The van der Waals surface area contributed by atoms with E-state index in [9.17, 15) is 4.79 Å². The highest BCUT2D eigenvalue weighted by Gasteiger charge is 2.40. The zero-order valence-corrected chi connectivity index (χ0v) is 17.4. The van der Waals surface area contributed by atoms with Crippen molar-refractivity contribution in [2.24, 2.45) is 0 Å². The second-order valence-corrected chi connectivity index (χ2v) is 18.1. The molecule has 0 aliphatic carbocycles. The Labute approximate surface area is 132 Å². The van der Waals surface area contributed by atoms with Crippen molar-refractivity contribution in [3.63, 3.8) is 0 Å². The Morgan fingerprint density at radius 3 is 2.10 bits per heavy atom. The molecule has 0 aromatic carbocycles. The molecular formula is C13H30O5Si3. The maximum atomic E-state index is 11.0. The van der Waals surface area contributed by atoms with Crippen LogP contribution in [-0.2, 0) is 22.2 Å². The van der Waals surface area contributed by atoms with Gasteiger partial charge in [0.1, 0.15) is 0 Å². The smallest absolute Gasteiger partial charge is 0.330 e. The average Bonchev–Trinajstić information content (AvgIpc) is 2.31. The van der Waals surface area contributed by atoms with Crippen molar-refractivity contribution in [3.05, 3.63) is 12.7 Å². The monoisotopic (exact) mass is 350 g/mol. The SMILES string of the molecule is C=CC(=O)OCCC[Si](C)(C)O[Si](C)(C)O[Si](C)(C)OC. The van der Waals surface area contributed by atoms with Crippen molar-refractivity contribution in [1.29, 1.82) is 0 Å². The summed E-state index contributed by atoms with van der Waals surface area (Å²) in [6.45, 7) is 16.3.